The van der Waals surface area contributed by atoms with Gasteiger partial charge in [-0.2, -0.15) is 13.2 Å². The largest absolute Gasteiger partial charge is 0.493 e. The van der Waals surface area contributed by atoms with Gasteiger partial charge in [-0.25, -0.2) is 9.78 Å². The quantitative estimate of drug-likeness (QED) is 0.228. The second-order valence-electron chi connectivity index (χ2n) is 11.9. The van der Waals surface area contributed by atoms with Gasteiger partial charge in [0, 0.05) is 48.5 Å². The Bertz CT molecular complexity index is 1460. The SMILES string of the molecule is COC(=O)c1c(C[N+]2(C3CCNCC3)CCCCC2)c(-c2cccc(C(F)(F)F)c2)nc2cc(OC)c(OC(C)C)cc12. The Morgan fingerprint density at radius 3 is 2.40 bits per heavy atom. The van der Waals surface area contributed by atoms with Crippen LogP contribution < -0.4 is 14.8 Å². The first-order chi connectivity index (χ1) is 20.6. The molecule has 0 bridgehead atoms. The van der Waals surface area contributed by atoms with Gasteiger partial charge in [0.1, 0.15) is 6.54 Å². The average Bonchev–Trinajstić information content (AvgIpc) is 3.00. The van der Waals surface area contributed by atoms with Gasteiger partial charge in [-0.3, -0.25) is 0 Å². The molecule has 2 fully saturated rings. The summed E-state index contributed by atoms with van der Waals surface area (Å²) in [6.07, 6.45) is 0.559. The lowest BCUT2D eigenvalue weighted by molar-refractivity contribution is -0.968. The van der Waals surface area contributed by atoms with Crippen LogP contribution in [0.15, 0.2) is 36.4 Å². The van der Waals surface area contributed by atoms with Crippen LogP contribution in [0.3, 0.4) is 0 Å². The number of hydrogen-bond acceptors (Lipinski definition) is 6. The van der Waals surface area contributed by atoms with Gasteiger partial charge in [-0.05, 0) is 51.3 Å². The molecule has 0 saturated carbocycles. The number of carbonyl (C=O) groups excluding carboxylic acids is 1. The summed E-state index contributed by atoms with van der Waals surface area (Å²) in [6, 6.07) is 8.99. The fourth-order valence-electron chi connectivity index (χ4n) is 6.85. The van der Waals surface area contributed by atoms with Crippen LogP contribution in [0.1, 0.15) is 67.4 Å². The van der Waals surface area contributed by atoms with E-state index in [-0.39, 0.29) is 6.10 Å². The van der Waals surface area contributed by atoms with E-state index in [9.17, 15) is 18.0 Å². The van der Waals surface area contributed by atoms with E-state index in [2.05, 4.69) is 5.32 Å². The third kappa shape index (κ3) is 6.45. The van der Waals surface area contributed by atoms with Crippen LogP contribution >= 0.6 is 0 Å². The highest BCUT2D eigenvalue weighted by Gasteiger charge is 2.41. The van der Waals surface area contributed by atoms with Crippen molar-refractivity contribution in [2.75, 3.05) is 40.4 Å². The molecule has 43 heavy (non-hydrogen) atoms. The summed E-state index contributed by atoms with van der Waals surface area (Å²) in [4.78, 5) is 18.7. The number of quaternary nitrogens is 1. The summed E-state index contributed by atoms with van der Waals surface area (Å²) in [5.74, 6) is 0.313. The maximum Gasteiger partial charge on any atom is 0.416 e. The maximum atomic E-state index is 13.9. The topological polar surface area (TPSA) is 69.7 Å². The molecule has 1 aromatic heterocycles. The van der Waals surface area contributed by atoms with E-state index in [1.807, 2.05) is 13.8 Å². The Hall–Kier alpha value is -3.37. The van der Waals surface area contributed by atoms with Gasteiger partial charge in [-0.15, -0.1) is 0 Å². The molecule has 0 amide bonds. The van der Waals surface area contributed by atoms with Crippen LogP contribution in [0.25, 0.3) is 22.2 Å². The standard InChI is InChI=1S/C33H41F3N3O4/c1-21(2)43-29-18-25-27(19-28(29)41-3)38-31(22-9-8-10-23(17-22)33(34,35)36)26(30(25)32(40)42-4)20-39(15-6-5-7-16-39)24-11-13-37-14-12-24/h8-10,17-19,21,24,37H,5-7,11-16,20H2,1-4H3/q+1. The molecule has 0 spiro atoms. The van der Waals surface area contributed by atoms with Crippen LogP contribution in [-0.4, -0.2) is 68.0 Å². The highest BCUT2D eigenvalue weighted by molar-refractivity contribution is 6.07. The number of piperidine rings is 2. The van der Waals surface area contributed by atoms with Crippen LogP contribution in [0.5, 0.6) is 11.5 Å². The van der Waals surface area contributed by atoms with E-state index in [1.54, 1.807) is 18.2 Å². The fraction of sp³-hybridized carbons (Fsp3) is 0.515. The first-order valence-electron chi connectivity index (χ1n) is 15.1. The van der Waals surface area contributed by atoms with Gasteiger partial charge in [-0.1, -0.05) is 12.1 Å². The number of fused-ring (bicyclic) bond motifs is 1. The minimum atomic E-state index is -4.53. The summed E-state index contributed by atoms with van der Waals surface area (Å²) in [7, 11) is 2.84. The van der Waals surface area contributed by atoms with Crippen LogP contribution in [-0.2, 0) is 17.5 Å². The van der Waals surface area contributed by atoms with Crippen molar-refractivity contribution in [3.63, 3.8) is 0 Å². The second kappa shape index (κ2) is 12.7. The monoisotopic (exact) mass is 600 g/mol. The minimum absolute atomic E-state index is 0.160. The van der Waals surface area contributed by atoms with E-state index in [4.69, 9.17) is 19.2 Å². The van der Waals surface area contributed by atoms with Crippen molar-refractivity contribution in [3.8, 4) is 22.8 Å². The van der Waals surface area contributed by atoms with Gasteiger partial charge in [0.05, 0.1) is 61.8 Å². The molecule has 0 aliphatic carbocycles. The molecular formula is C33H41F3N3O4+. The van der Waals surface area contributed by atoms with Crippen LogP contribution in [0.2, 0.25) is 0 Å². The van der Waals surface area contributed by atoms with E-state index in [0.717, 1.165) is 74.9 Å². The highest BCUT2D eigenvalue weighted by atomic mass is 19.4. The number of rotatable bonds is 8. The number of esters is 1. The summed E-state index contributed by atoms with van der Waals surface area (Å²) in [5, 5.41) is 3.98. The summed E-state index contributed by atoms with van der Waals surface area (Å²) in [6.45, 7) is 7.98. The van der Waals surface area contributed by atoms with E-state index < -0.39 is 17.7 Å². The number of nitrogens with one attached hydrogen (secondary N) is 1. The molecule has 2 aliphatic rings. The van der Waals surface area contributed by atoms with E-state index >= 15 is 0 Å². The number of pyridine rings is 1. The normalized spacial score (nSPS) is 17.7. The number of alkyl halides is 3. The number of methoxy groups -OCH3 is 2. The number of carbonyl (C=O) groups is 1. The predicted molar refractivity (Wildman–Crippen MR) is 159 cm³/mol. The number of halogens is 3. The van der Waals surface area contributed by atoms with Crippen molar-refractivity contribution in [3.05, 3.63) is 53.1 Å². The molecule has 5 rings (SSSR count). The van der Waals surface area contributed by atoms with Gasteiger partial charge in [0.15, 0.2) is 11.5 Å². The molecule has 0 unspecified atom stereocenters. The Balaban J connectivity index is 1.82. The zero-order chi connectivity index (χ0) is 30.8. The maximum absolute atomic E-state index is 13.9. The summed E-state index contributed by atoms with van der Waals surface area (Å²) in [5.41, 5.74) is 1.23. The number of ether oxygens (including phenoxy) is 3. The van der Waals surface area contributed by atoms with Gasteiger partial charge >= 0.3 is 12.1 Å². The molecule has 0 atom stereocenters. The molecular weight excluding hydrogens is 559 g/mol. The van der Waals surface area contributed by atoms with Crippen LogP contribution in [0.4, 0.5) is 13.2 Å². The lowest BCUT2D eigenvalue weighted by Crippen LogP contribution is -2.60. The van der Waals surface area contributed by atoms with Gasteiger partial charge in [0.2, 0.25) is 0 Å². The lowest BCUT2D eigenvalue weighted by Gasteiger charge is -2.49. The van der Waals surface area contributed by atoms with Crippen molar-refractivity contribution in [1.29, 1.82) is 0 Å². The molecule has 1 N–H and O–H groups in total. The summed E-state index contributed by atoms with van der Waals surface area (Å²) < 4.78 is 59.4. The molecule has 0 radical (unpaired) electrons. The highest BCUT2D eigenvalue weighted by Crippen LogP contribution is 2.42. The molecule has 10 heteroatoms. The number of aromatic nitrogens is 1. The van der Waals surface area contributed by atoms with Crippen molar-refractivity contribution in [2.45, 2.75) is 70.8 Å². The van der Waals surface area contributed by atoms with Gasteiger partial charge < -0.3 is 24.0 Å². The molecule has 3 aromatic rings. The number of nitrogens with zero attached hydrogens (tertiary/aromatic N) is 2. The minimum Gasteiger partial charge on any atom is -0.493 e. The van der Waals surface area contributed by atoms with Crippen molar-refractivity contribution >= 4 is 16.9 Å². The second-order valence-corrected chi connectivity index (χ2v) is 11.9. The van der Waals surface area contributed by atoms with Crippen molar-refractivity contribution in [2.24, 2.45) is 0 Å². The number of likely N-dealkylation sites (tertiary alicyclic amines) is 1. The van der Waals surface area contributed by atoms with Gasteiger partial charge in [0.25, 0.3) is 0 Å². The molecule has 7 nitrogen and oxygen atoms in total. The Kier molecular flexibility index (Phi) is 9.18. The average molecular weight is 601 g/mol. The Labute approximate surface area is 250 Å². The van der Waals surface area contributed by atoms with Crippen LogP contribution in [0, 0.1) is 0 Å². The molecule has 2 saturated heterocycles. The number of hydrogen-bond donors (Lipinski definition) is 1. The third-order valence-corrected chi connectivity index (χ3v) is 8.85. The Morgan fingerprint density at radius 1 is 1.05 bits per heavy atom. The zero-order valence-corrected chi connectivity index (χ0v) is 25.4. The van der Waals surface area contributed by atoms with Crippen molar-refractivity contribution in [1.82, 2.24) is 10.3 Å². The fourth-order valence-corrected chi connectivity index (χ4v) is 6.85. The molecule has 232 valence electrons. The van der Waals surface area contributed by atoms with Crippen molar-refractivity contribution < 1.29 is 36.7 Å². The zero-order valence-electron chi connectivity index (χ0n) is 25.4. The first kappa shape index (κ1) is 31.1. The molecule has 2 aliphatic heterocycles. The first-order valence-corrected chi connectivity index (χ1v) is 15.1. The third-order valence-electron chi connectivity index (χ3n) is 8.85. The molecule has 2 aromatic carbocycles. The number of benzene rings is 2. The lowest BCUT2D eigenvalue weighted by atomic mass is 9.90. The summed E-state index contributed by atoms with van der Waals surface area (Å²) >= 11 is 0. The van der Waals surface area contributed by atoms with E-state index in [0.29, 0.717) is 57.4 Å². The smallest absolute Gasteiger partial charge is 0.416 e. The van der Waals surface area contributed by atoms with E-state index in [1.165, 1.54) is 20.3 Å². The Morgan fingerprint density at radius 2 is 1.77 bits per heavy atom. The molecule has 3 heterocycles. The predicted octanol–water partition coefficient (Wildman–Crippen LogP) is 6.76.